The second-order valence-electron chi connectivity index (χ2n) is 9.23. The van der Waals surface area contributed by atoms with Crippen LogP contribution in [0.15, 0.2) is 48.0 Å². The van der Waals surface area contributed by atoms with E-state index in [1.54, 1.807) is 25.1 Å². The number of rotatable bonds is 7. The van der Waals surface area contributed by atoms with Gasteiger partial charge >= 0.3 is 0 Å². The number of fused-ring (bicyclic) bond motifs is 1. The number of pyridine rings is 1. The number of carbonyl (C=O) groups excluding carboxylic acids is 2. The van der Waals surface area contributed by atoms with Crippen molar-refractivity contribution in [1.29, 1.82) is 0 Å². The molecule has 1 aromatic carbocycles. The first-order valence-electron chi connectivity index (χ1n) is 12.4. The monoisotopic (exact) mass is 505 g/mol. The van der Waals surface area contributed by atoms with E-state index in [4.69, 9.17) is 9.72 Å². The summed E-state index contributed by atoms with van der Waals surface area (Å²) in [6.07, 6.45) is 6.12. The number of thiazole rings is 1. The Morgan fingerprint density at radius 1 is 1.19 bits per heavy atom. The molecule has 2 N–H and O–H groups in total. The van der Waals surface area contributed by atoms with Crippen molar-refractivity contribution in [2.24, 2.45) is 5.92 Å². The van der Waals surface area contributed by atoms with Crippen LogP contribution in [0.5, 0.6) is 0 Å². The van der Waals surface area contributed by atoms with Gasteiger partial charge < -0.3 is 20.3 Å². The fourth-order valence-electron chi connectivity index (χ4n) is 4.83. The van der Waals surface area contributed by atoms with E-state index in [1.165, 1.54) is 11.3 Å². The summed E-state index contributed by atoms with van der Waals surface area (Å²) in [5, 5.41) is 9.88. The van der Waals surface area contributed by atoms with Crippen molar-refractivity contribution in [2.45, 2.75) is 38.3 Å². The fraction of sp³-hybridized carbons (Fsp3) is 0.407. The molecule has 1 saturated heterocycles. The first-order chi connectivity index (χ1) is 17.6. The lowest BCUT2D eigenvalue weighted by Gasteiger charge is -2.33. The highest BCUT2D eigenvalue weighted by atomic mass is 32.1. The van der Waals surface area contributed by atoms with E-state index < -0.39 is 6.04 Å². The molecule has 0 radical (unpaired) electrons. The van der Waals surface area contributed by atoms with Crippen LogP contribution in [0.4, 0.5) is 0 Å². The largest absolute Gasteiger partial charge is 0.381 e. The minimum Gasteiger partial charge on any atom is -0.381 e. The lowest BCUT2D eigenvalue weighted by molar-refractivity contribution is -0.136. The number of hydrogen-bond acceptors (Lipinski definition) is 7. The van der Waals surface area contributed by atoms with E-state index in [0.717, 1.165) is 52.1 Å². The Bertz CT molecular complexity index is 1280. The molecule has 188 valence electrons. The molecule has 2 amide bonds. The van der Waals surface area contributed by atoms with E-state index in [9.17, 15) is 9.59 Å². The topological polar surface area (TPSA) is 96.5 Å². The number of aromatic nitrogens is 2. The number of nitrogens with zero attached hydrogens (tertiary/aromatic N) is 3. The minimum absolute atomic E-state index is 0.0381. The van der Waals surface area contributed by atoms with Crippen LogP contribution < -0.4 is 10.6 Å². The van der Waals surface area contributed by atoms with Crippen LogP contribution in [0.2, 0.25) is 0 Å². The second kappa shape index (κ2) is 10.9. The molecule has 5 rings (SSSR count). The molecule has 2 aromatic heterocycles. The molecule has 2 aliphatic rings. The summed E-state index contributed by atoms with van der Waals surface area (Å²) in [6.45, 7) is 3.58. The van der Waals surface area contributed by atoms with Crippen molar-refractivity contribution in [1.82, 2.24) is 25.5 Å². The van der Waals surface area contributed by atoms with Gasteiger partial charge in [-0.05, 0) is 51.3 Å². The van der Waals surface area contributed by atoms with Gasteiger partial charge in [-0.25, -0.2) is 4.98 Å². The molecule has 9 heteroatoms. The third-order valence-corrected chi connectivity index (χ3v) is 7.89. The lowest BCUT2D eigenvalue weighted by Crippen LogP contribution is -2.55. The number of ether oxygens (including phenoxy) is 1. The Hall–Kier alpha value is -3.14. The molecule has 0 bridgehead atoms. The van der Waals surface area contributed by atoms with Crippen molar-refractivity contribution in [3.05, 3.63) is 53.0 Å². The Morgan fingerprint density at radius 3 is 2.81 bits per heavy atom. The Morgan fingerprint density at radius 2 is 2.00 bits per heavy atom. The van der Waals surface area contributed by atoms with Crippen molar-refractivity contribution in [3.63, 3.8) is 0 Å². The van der Waals surface area contributed by atoms with Crippen LogP contribution in [-0.4, -0.2) is 65.6 Å². The number of benzene rings is 1. The highest BCUT2D eigenvalue weighted by molar-refractivity contribution is 7.11. The molecule has 2 aliphatic heterocycles. The molecule has 0 saturated carbocycles. The average molecular weight is 506 g/mol. The van der Waals surface area contributed by atoms with Crippen molar-refractivity contribution >= 4 is 39.8 Å². The highest BCUT2D eigenvalue weighted by Gasteiger charge is 2.37. The number of likely N-dealkylation sites (N-methyl/N-ethyl adjacent to an activating group) is 1. The molecule has 3 aromatic rings. The van der Waals surface area contributed by atoms with Gasteiger partial charge in [0.05, 0.1) is 22.9 Å². The van der Waals surface area contributed by atoms with Crippen LogP contribution in [0.3, 0.4) is 0 Å². The standard InChI is InChI=1S/C27H31N5O3S/c1-17(28-2)25(33)31-24(18-10-14-35-15-11-18)27(34)32-13-5-8-23(32)26-30-22(16-36-26)20-9-12-29-21-7-4-3-6-19(20)21/h3-4,6-9,12,16-18,24,28H,5,10-11,13-15H2,1-2H3,(H,31,33)/t17-,24-/m0/s1. The van der Waals surface area contributed by atoms with Gasteiger partial charge in [-0.1, -0.05) is 24.3 Å². The molecule has 0 spiro atoms. The van der Waals surface area contributed by atoms with Gasteiger partial charge in [0, 0.05) is 42.3 Å². The second-order valence-corrected chi connectivity index (χ2v) is 10.1. The number of hydrogen-bond donors (Lipinski definition) is 2. The highest BCUT2D eigenvalue weighted by Crippen LogP contribution is 2.34. The number of para-hydroxylation sites is 1. The van der Waals surface area contributed by atoms with E-state index in [1.807, 2.05) is 29.6 Å². The molecule has 8 nitrogen and oxygen atoms in total. The van der Waals surface area contributed by atoms with Crippen LogP contribution in [0, 0.1) is 5.92 Å². The lowest BCUT2D eigenvalue weighted by atomic mass is 9.90. The van der Waals surface area contributed by atoms with Crippen LogP contribution >= 0.6 is 11.3 Å². The Kier molecular flexibility index (Phi) is 7.41. The van der Waals surface area contributed by atoms with Crippen LogP contribution in [-0.2, 0) is 14.3 Å². The summed E-state index contributed by atoms with van der Waals surface area (Å²) in [6, 6.07) is 9.02. The zero-order chi connectivity index (χ0) is 25.1. The van der Waals surface area contributed by atoms with Crippen molar-refractivity contribution in [3.8, 4) is 11.3 Å². The maximum absolute atomic E-state index is 13.9. The Balaban J connectivity index is 1.41. The van der Waals surface area contributed by atoms with E-state index >= 15 is 0 Å². The molecule has 0 aliphatic carbocycles. The summed E-state index contributed by atoms with van der Waals surface area (Å²) >= 11 is 1.53. The molecule has 1 fully saturated rings. The fourth-order valence-corrected chi connectivity index (χ4v) is 5.70. The summed E-state index contributed by atoms with van der Waals surface area (Å²) in [7, 11) is 1.74. The molecule has 4 heterocycles. The van der Waals surface area contributed by atoms with Gasteiger partial charge in [-0.2, -0.15) is 0 Å². The van der Waals surface area contributed by atoms with Crippen molar-refractivity contribution in [2.75, 3.05) is 26.8 Å². The molecule has 0 unspecified atom stereocenters. The SMILES string of the molecule is CN[C@@H](C)C(=O)N[C@H](C(=O)N1CCC=C1c1nc(-c2ccnc3ccccc23)cs1)C1CCOCC1. The summed E-state index contributed by atoms with van der Waals surface area (Å²) in [4.78, 5) is 37.9. The van der Waals surface area contributed by atoms with Gasteiger partial charge in [0.1, 0.15) is 11.0 Å². The smallest absolute Gasteiger partial charge is 0.249 e. The van der Waals surface area contributed by atoms with Crippen LogP contribution in [0.25, 0.3) is 27.9 Å². The van der Waals surface area contributed by atoms with Gasteiger partial charge in [-0.3, -0.25) is 14.6 Å². The summed E-state index contributed by atoms with van der Waals surface area (Å²) < 4.78 is 5.52. The maximum atomic E-state index is 13.9. The van der Waals surface area contributed by atoms with Gasteiger partial charge in [-0.15, -0.1) is 11.3 Å². The number of carbonyl (C=O) groups is 2. The normalized spacial score (nSPS) is 18.2. The van der Waals surface area contributed by atoms with E-state index in [0.29, 0.717) is 19.8 Å². The third-order valence-electron chi connectivity index (χ3n) is 7.02. The van der Waals surface area contributed by atoms with Crippen LogP contribution in [0.1, 0.15) is 31.2 Å². The minimum atomic E-state index is -0.595. The predicted molar refractivity (Wildman–Crippen MR) is 141 cm³/mol. The predicted octanol–water partition coefficient (Wildman–Crippen LogP) is 3.45. The molecule has 2 atom stereocenters. The molecular weight excluding hydrogens is 474 g/mol. The first-order valence-corrected chi connectivity index (χ1v) is 13.3. The third kappa shape index (κ3) is 4.91. The quantitative estimate of drug-likeness (QED) is 0.511. The summed E-state index contributed by atoms with van der Waals surface area (Å²) in [5.41, 5.74) is 3.63. The molecule has 36 heavy (non-hydrogen) atoms. The van der Waals surface area contributed by atoms with E-state index in [2.05, 4.69) is 27.8 Å². The van der Waals surface area contributed by atoms with Gasteiger partial charge in [0.2, 0.25) is 11.8 Å². The van der Waals surface area contributed by atoms with Gasteiger partial charge in [0.15, 0.2) is 0 Å². The zero-order valence-electron chi connectivity index (χ0n) is 20.6. The number of amides is 2. The maximum Gasteiger partial charge on any atom is 0.249 e. The van der Waals surface area contributed by atoms with E-state index in [-0.39, 0.29) is 23.8 Å². The first kappa shape index (κ1) is 24.5. The zero-order valence-corrected chi connectivity index (χ0v) is 21.4. The summed E-state index contributed by atoms with van der Waals surface area (Å²) in [5.74, 6) is -0.210. The number of nitrogens with one attached hydrogen (secondary N) is 2. The Labute approximate surface area is 214 Å². The van der Waals surface area contributed by atoms with Crippen molar-refractivity contribution < 1.29 is 14.3 Å². The van der Waals surface area contributed by atoms with Gasteiger partial charge in [0.25, 0.3) is 0 Å². The average Bonchev–Trinajstić information content (AvgIpc) is 3.61. The molecular formula is C27H31N5O3S.